The number of Topliss-reactive ketones (excluding diaryl/α,β-unsaturated/α-hetero) is 1. The molecule has 30 heavy (non-hydrogen) atoms. The topological polar surface area (TPSA) is 73.2 Å². The van der Waals surface area contributed by atoms with Crippen molar-refractivity contribution < 1.29 is 14.3 Å². The van der Waals surface area contributed by atoms with Crippen LogP contribution in [0.5, 0.6) is 5.75 Å². The van der Waals surface area contributed by atoms with E-state index < -0.39 is 0 Å². The fourth-order valence-corrected chi connectivity index (χ4v) is 3.64. The number of carbonyl (C=O) groups is 2. The van der Waals surface area contributed by atoms with Gasteiger partial charge in [-0.2, -0.15) is 5.10 Å². The molecule has 2 aromatic carbocycles. The average Bonchev–Trinajstić information content (AvgIpc) is 3.40. The highest BCUT2D eigenvalue weighted by atomic mass is 16.5. The van der Waals surface area contributed by atoms with Gasteiger partial charge in [-0.15, -0.1) is 0 Å². The van der Waals surface area contributed by atoms with Crippen LogP contribution in [0.2, 0.25) is 0 Å². The van der Waals surface area contributed by atoms with Gasteiger partial charge in [0, 0.05) is 36.4 Å². The van der Waals surface area contributed by atoms with Crippen molar-refractivity contribution in [3.63, 3.8) is 0 Å². The van der Waals surface area contributed by atoms with Crippen LogP contribution in [0, 0.1) is 0 Å². The molecule has 1 aliphatic rings. The SMILES string of the molecule is COc1cccc(-n2cc(CNC(=O)CC3=C(c4ccccc4)CCC3=O)cn2)c1. The van der Waals surface area contributed by atoms with E-state index in [-0.39, 0.29) is 18.1 Å². The number of hydrogen-bond donors (Lipinski definition) is 1. The molecule has 1 aromatic heterocycles. The number of rotatable bonds is 7. The summed E-state index contributed by atoms with van der Waals surface area (Å²) in [5.74, 6) is 0.652. The van der Waals surface area contributed by atoms with Gasteiger partial charge in [-0.25, -0.2) is 4.68 Å². The van der Waals surface area contributed by atoms with Crippen LogP contribution in [0.1, 0.15) is 30.4 Å². The molecule has 1 amide bonds. The van der Waals surface area contributed by atoms with Crippen LogP contribution in [-0.2, 0) is 16.1 Å². The largest absolute Gasteiger partial charge is 0.497 e. The zero-order chi connectivity index (χ0) is 20.9. The van der Waals surface area contributed by atoms with Gasteiger partial charge < -0.3 is 10.1 Å². The van der Waals surface area contributed by atoms with Crippen LogP contribution in [0.4, 0.5) is 0 Å². The Kier molecular flexibility index (Phi) is 5.75. The number of nitrogens with zero attached hydrogens (tertiary/aromatic N) is 2. The minimum atomic E-state index is -0.164. The van der Waals surface area contributed by atoms with Gasteiger partial charge in [0.2, 0.25) is 5.91 Å². The standard InChI is InChI=1S/C24H23N3O3/c1-30-20-9-5-8-19(12-20)27-16-17(15-26-27)14-25-24(29)13-22-21(10-11-23(22)28)18-6-3-2-4-7-18/h2-9,12,15-16H,10-11,13-14H2,1H3,(H,25,29). The summed E-state index contributed by atoms with van der Waals surface area (Å²) in [5, 5.41) is 7.26. The molecule has 6 nitrogen and oxygen atoms in total. The Bertz CT molecular complexity index is 1100. The van der Waals surface area contributed by atoms with Crippen LogP contribution >= 0.6 is 0 Å². The number of nitrogens with one attached hydrogen (secondary N) is 1. The lowest BCUT2D eigenvalue weighted by Crippen LogP contribution is -2.23. The summed E-state index contributed by atoms with van der Waals surface area (Å²) >= 11 is 0. The quantitative estimate of drug-likeness (QED) is 0.655. The maximum absolute atomic E-state index is 12.5. The predicted octanol–water partition coefficient (Wildman–Crippen LogP) is 3.70. The monoisotopic (exact) mass is 401 g/mol. The minimum Gasteiger partial charge on any atom is -0.497 e. The van der Waals surface area contributed by atoms with Gasteiger partial charge in [-0.05, 0) is 29.7 Å². The van der Waals surface area contributed by atoms with Gasteiger partial charge >= 0.3 is 0 Å². The van der Waals surface area contributed by atoms with Crippen molar-refractivity contribution in [3.05, 3.63) is 83.7 Å². The lowest BCUT2D eigenvalue weighted by Gasteiger charge is -2.08. The van der Waals surface area contributed by atoms with Crippen molar-refractivity contribution in [2.75, 3.05) is 7.11 Å². The summed E-state index contributed by atoms with van der Waals surface area (Å²) in [6.07, 6.45) is 4.85. The first-order valence-corrected chi connectivity index (χ1v) is 9.89. The molecule has 0 unspecified atom stereocenters. The molecule has 1 heterocycles. The first-order chi connectivity index (χ1) is 14.6. The smallest absolute Gasteiger partial charge is 0.224 e. The summed E-state index contributed by atoms with van der Waals surface area (Å²) in [7, 11) is 1.62. The Morgan fingerprint density at radius 1 is 1.13 bits per heavy atom. The molecule has 1 N–H and O–H groups in total. The molecular weight excluding hydrogens is 378 g/mol. The summed E-state index contributed by atoms with van der Waals surface area (Å²) < 4.78 is 6.98. The number of ether oxygens (including phenoxy) is 1. The molecule has 0 radical (unpaired) electrons. The lowest BCUT2D eigenvalue weighted by atomic mass is 10.00. The van der Waals surface area contributed by atoms with E-state index >= 15 is 0 Å². The van der Waals surface area contributed by atoms with Gasteiger partial charge in [0.25, 0.3) is 0 Å². The zero-order valence-electron chi connectivity index (χ0n) is 16.8. The third-order valence-electron chi connectivity index (χ3n) is 5.21. The van der Waals surface area contributed by atoms with E-state index in [9.17, 15) is 9.59 Å². The maximum atomic E-state index is 12.5. The Morgan fingerprint density at radius 2 is 1.97 bits per heavy atom. The Balaban J connectivity index is 1.40. The maximum Gasteiger partial charge on any atom is 0.224 e. The number of allylic oxidation sites excluding steroid dienone is 1. The van der Waals surface area contributed by atoms with Gasteiger partial charge in [0.15, 0.2) is 5.78 Å². The number of aromatic nitrogens is 2. The third-order valence-corrected chi connectivity index (χ3v) is 5.21. The molecule has 0 fully saturated rings. The summed E-state index contributed by atoms with van der Waals surface area (Å²) in [5.41, 5.74) is 4.39. The number of ketones is 1. The van der Waals surface area contributed by atoms with Crippen molar-refractivity contribution in [1.29, 1.82) is 0 Å². The fourth-order valence-electron chi connectivity index (χ4n) is 3.64. The second-order valence-corrected chi connectivity index (χ2v) is 7.19. The molecular formula is C24H23N3O3. The zero-order valence-corrected chi connectivity index (χ0v) is 16.8. The molecule has 0 bridgehead atoms. The first-order valence-electron chi connectivity index (χ1n) is 9.89. The predicted molar refractivity (Wildman–Crippen MR) is 114 cm³/mol. The van der Waals surface area contributed by atoms with Crippen molar-refractivity contribution in [2.45, 2.75) is 25.8 Å². The Labute approximate surface area is 175 Å². The Hall–Kier alpha value is -3.67. The average molecular weight is 401 g/mol. The lowest BCUT2D eigenvalue weighted by molar-refractivity contribution is -0.122. The normalized spacial score (nSPS) is 13.6. The van der Waals surface area contributed by atoms with E-state index in [0.717, 1.165) is 28.1 Å². The van der Waals surface area contributed by atoms with Crippen LogP contribution in [0.3, 0.4) is 0 Å². The number of methoxy groups -OCH3 is 1. The van der Waals surface area contributed by atoms with Gasteiger partial charge in [-0.1, -0.05) is 36.4 Å². The molecule has 0 aliphatic heterocycles. The molecule has 3 aromatic rings. The van der Waals surface area contributed by atoms with Crippen molar-refractivity contribution in [1.82, 2.24) is 15.1 Å². The van der Waals surface area contributed by atoms with Crippen molar-refractivity contribution in [2.24, 2.45) is 0 Å². The van der Waals surface area contributed by atoms with Crippen LogP contribution in [-0.4, -0.2) is 28.6 Å². The van der Waals surface area contributed by atoms with Gasteiger partial charge in [0.1, 0.15) is 5.75 Å². The first kappa shape index (κ1) is 19.6. The molecule has 6 heteroatoms. The highest BCUT2D eigenvalue weighted by Gasteiger charge is 2.25. The fraction of sp³-hybridized carbons (Fsp3) is 0.208. The summed E-state index contributed by atoms with van der Waals surface area (Å²) in [4.78, 5) is 24.8. The molecule has 1 aliphatic carbocycles. The van der Waals surface area contributed by atoms with E-state index in [0.29, 0.717) is 25.0 Å². The number of amides is 1. The number of carbonyl (C=O) groups excluding carboxylic acids is 2. The molecule has 152 valence electrons. The van der Waals surface area contributed by atoms with E-state index in [2.05, 4.69) is 10.4 Å². The Morgan fingerprint density at radius 3 is 2.77 bits per heavy atom. The molecule has 0 spiro atoms. The van der Waals surface area contributed by atoms with Crippen LogP contribution in [0.15, 0.2) is 72.6 Å². The van der Waals surface area contributed by atoms with E-state index in [1.165, 1.54) is 0 Å². The summed E-state index contributed by atoms with van der Waals surface area (Å²) in [6.45, 7) is 0.352. The van der Waals surface area contributed by atoms with Gasteiger partial charge in [-0.3, -0.25) is 9.59 Å². The van der Waals surface area contributed by atoms with E-state index in [1.54, 1.807) is 18.0 Å². The molecule has 0 saturated heterocycles. The third kappa shape index (κ3) is 4.33. The molecule has 0 atom stereocenters. The second-order valence-electron chi connectivity index (χ2n) is 7.19. The molecule has 0 saturated carbocycles. The van der Waals surface area contributed by atoms with Crippen molar-refractivity contribution in [3.8, 4) is 11.4 Å². The highest BCUT2D eigenvalue weighted by molar-refractivity contribution is 6.10. The van der Waals surface area contributed by atoms with E-state index in [1.807, 2.05) is 60.8 Å². The second kappa shape index (κ2) is 8.78. The summed E-state index contributed by atoms with van der Waals surface area (Å²) in [6, 6.07) is 17.4. The highest BCUT2D eigenvalue weighted by Crippen LogP contribution is 2.33. The van der Waals surface area contributed by atoms with Crippen LogP contribution < -0.4 is 10.1 Å². The van der Waals surface area contributed by atoms with E-state index in [4.69, 9.17) is 4.74 Å². The number of hydrogen-bond acceptors (Lipinski definition) is 4. The minimum absolute atomic E-state index is 0.0647. The van der Waals surface area contributed by atoms with Crippen LogP contribution in [0.25, 0.3) is 11.3 Å². The number of benzene rings is 2. The van der Waals surface area contributed by atoms with Gasteiger partial charge in [0.05, 0.1) is 25.4 Å². The van der Waals surface area contributed by atoms with Crippen molar-refractivity contribution >= 4 is 17.3 Å². The molecule has 4 rings (SSSR count).